The first-order valence-electron chi connectivity index (χ1n) is 16.7. The first-order chi connectivity index (χ1) is 23.3. The number of hydrogen-bond donors (Lipinski definition) is 3. The van der Waals surface area contributed by atoms with Crippen molar-refractivity contribution in [2.75, 3.05) is 29.9 Å². The summed E-state index contributed by atoms with van der Waals surface area (Å²) in [7, 11) is 0. The number of carbonyl (C=O) groups is 4. The predicted molar refractivity (Wildman–Crippen MR) is 174 cm³/mol. The zero-order valence-electron chi connectivity index (χ0n) is 26.1. The van der Waals surface area contributed by atoms with Gasteiger partial charge in [0.2, 0.25) is 11.8 Å². The molecule has 4 fully saturated rings. The monoisotopic (exact) mass is 646 g/mol. The molecule has 2 saturated carbocycles. The highest BCUT2D eigenvalue weighted by Gasteiger charge is 2.45. The Labute approximate surface area is 275 Å². The highest BCUT2D eigenvalue weighted by molar-refractivity contribution is 6.23. The van der Waals surface area contributed by atoms with Crippen LogP contribution in [-0.4, -0.2) is 85.2 Å². The van der Waals surface area contributed by atoms with Crippen LogP contribution in [0.4, 0.5) is 11.4 Å². The molecule has 2 saturated heterocycles. The highest BCUT2D eigenvalue weighted by atomic mass is 16.3. The average molecular weight is 647 g/mol. The van der Waals surface area contributed by atoms with E-state index in [1.165, 1.54) is 0 Å². The number of anilines is 2. The average Bonchev–Trinajstić information content (AvgIpc) is 3.76. The molecule has 2 aromatic heterocycles. The summed E-state index contributed by atoms with van der Waals surface area (Å²) < 4.78 is 2.10. The maximum absolute atomic E-state index is 13.2. The number of nitrogens with one attached hydrogen (secondary N) is 2. The van der Waals surface area contributed by atoms with E-state index in [0.717, 1.165) is 69.9 Å². The zero-order valence-corrected chi connectivity index (χ0v) is 26.1. The van der Waals surface area contributed by atoms with Gasteiger partial charge in [-0.25, -0.2) is 4.98 Å². The van der Waals surface area contributed by atoms with Crippen LogP contribution in [0.15, 0.2) is 48.8 Å². The van der Waals surface area contributed by atoms with E-state index in [2.05, 4.69) is 26.4 Å². The number of piperidine rings is 1. The summed E-state index contributed by atoms with van der Waals surface area (Å²) in [4.78, 5) is 63.0. The molecule has 0 bridgehead atoms. The Balaban J connectivity index is 0.860. The Kier molecular flexibility index (Phi) is 6.61. The van der Waals surface area contributed by atoms with Crippen molar-refractivity contribution in [1.29, 1.82) is 0 Å². The minimum Gasteiger partial charge on any atom is -0.389 e. The first-order valence-corrected chi connectivity index (χ1v) is 16.7. The van der Waals surface area contributed by atoms with Gasteiger partial charge in [-0.05, 0) is 74.4 Å². The molecule has 4 amide bonds. The molecule has 0 spiro atoms. The summed E-state index contributed by atoms with van der Waals surface area (Å²) in [5.74, 6) is -1.16. The third-order valence-corrected chi connectivity index (χ3v) is 10.4. The van der Waals surface area contributed by atoms with Crippen LogP contribution in [0.1, 0.15) is 76.9 Å². The van der Waals surface area contributed by atoms with E-state index in [0.29, 0.717) is 31.5 Å². The fourth-order valence-corrected chi connectivity index (χ4v) is 7.37. The Hall–Kier alpha value is -5.17. The van der Waals surface area contributed by atoms with Crippen molar-refractivity contribution >= 4 is 46.0 Å². The molecular formula is C35H34N8O5. The summed E-state index contributed by atoms with van der Waals surface area (Å²) in [5.41, 5.74) is 6.96. The van der Waals surface area contributed by atoms with Gasteiger partial charge in [0.25, 0.3) is 11.8 Å². The number of hydrogen-bond acceptors (Lipinski definition) is 10. The number of aliphatic hydroxyl groups excluding tert-OH is 1. The minimum absolute atomic E-state index is 0.0883. The van der Waals surface area contributed by atoms with Gasteiger partial charge in [-0.2, -0.15) is 5.10 Å². The number of nitrogens with zero attached hydrogens (tertiary/aromatic N) is 6. The Bertz CT molecular complexity index is 2030. The normalized spacial score (nSPS) is 24.1. The molecule has 1 unspecified atom stereocenters. The van der Waals surface area contributed by atoms with E-state index in [1.807, 2.05) is 24.4 Å². The maximum atomic E-state index is 13.2. The van der Waals surface area contributed by atoms with Gasteiger partial charge >= 0.3 is 0 Å². The van der Waals surface area contributed by atoms with Crippen molar-refractivity contribution in [3.63, 3.8) is 0 Å². The molecule has 4 aromatic rings. The Morgan fingerprint density at radius 1 is 0.917 bits per heavy atom. The van der Waals surface area contributed by atoms with Gasteiger partial charge in [0, 0.05) is 55.1 Å². The number of imide groups is 2. The molecule has 1 atom stereocenters. The van der Waals surface area contributed by atoms with Gasteiger partial charge in [-0.15, -0.1) is 0 Å². The molecule has 244 valence electrons. The summed E-state index contributed by atoms with van der Waals surface area (Å²) in [5, 5.41) is 20.4. The van der Waals surface area contributed by atoms with Crippen molar-refractivity contribution in [2.24, 2.45) is 5.92 Å². The van der Waals surface area contributed by atoms with Gasteiger partial charge in [0.15, 0.2) is 0 Å². The smallest absolute Gasteiger partial charge is 0.262 e. The third kappa shape index (κ3) is 4.91. The topological polar surface area (TPSA) is 163 Å². The lowest BCUT2D eigenvalue weighted by Gasteiger charge is -2.37. The number of carbonyl (C=O) groups excluding carboxylic acids is 4. The highest BCUT2D eigenvalue weighted by Crippen LogP contribution is 2.46. The van der Waals surface area contributed by atoms with Crippen molar-refractivity contribution < 1.29 is 24.3 Å². The van der Waals surface area contributed by atoms with Crippen molar-refractivity contribution in [3.05, 3.63) is 65.6 Å². The van der Waals surface area contributed by atoms with E-state index in [4.69, 9.17) is 15.1 Å². The van der Waals surface area contributed by atoms with E-state index in [9.17, 15) is 24.3 Å². The predicted octanol–water partition coefficient (Wildman–Crippen LogP) is 3.02. The third-order valence-electron chi connectivity index (χ3n) is 10.4. The van der Waals surface area contributed by atoms with E-state index >= 15 is 0 Å². The van der Waals surface area contributed by atoms with Crippen molar-refractivity contribution in [1.82, 2.24) is 30.0 Å². The number of amides is 4. The second-order valence-electron chi connectivity index (χ2n) is 13.7. The largest absolute Gasteiger partial charge is 0.389 e. The molecule has 13 nitrogen and oxygen atoms in total. The molecule has 2 aromatic carbocycles. The summed E-state index contributed by atoms with van der Waals surface area (Å²) >= 11 is 0. The lowest BCUT2D eigenvalue weighted by molar-refractivity contribution is -0.136. The fourth-order valence-electron chi connectivity index (χ4n) is 7.37. The molecule has 3 aliphatic heterocycles. The second kappa shape index (κ2) is 10.9. The van der Waals surface area contributed by atoms with Crippen LogP contribution in [0.3, 0.4) is 0 Å². The molecule has 0 radical (unpaired) electrons. The summed E-state index contributed by atoms with van der Waals surface area (Å²) in [6.45, 7) is 1.98. The van der Waals surface area contributed by atoms with Crippen LogP contribution >= 0.6 is 0 Å². The first kappa shape index (κ1) is 29.0. The zero-order chi connectivity index (χ0) is 32.7. The van der Waals surface area contributed by atoms with Crippen molar-refractivity contribution in [2.45, 2.75) is 62.6 Å². The van der Waals surface area contributed by atoms with E-state index in [-0.39, 0.29) is 36.1 Å². The van der Waals surface area contributed by atoms with Crippen LogP contribution in [0.2, 0.25) is 0 Å². The SMILES string of the molecule is O=C1CCC(N2C(=O)c3ccc(NC[C@H]4C[C@H](n5cc(-c6cnc7ccc(N8CC(O)C8)cc7n6)c(C6CC6)n5)C4)cc3C2=O)C(=O)N1. The number of rotatable bonds is 8. The molecule has 5 heterocycles. The van der Waals surface area contributed by atoms with Gasteiger partial charge < -0.3 is 15.3 Å². The molecule has 5 aliphatic rings. The molecular weight excluding hydrogens is 612 g/mol. The fraction of sp³-hybridized carbons (Fsp3) is 0.400. The van der Waals surface area contributed by atoms with Crippen LogP contribution in [-0.2, 0) is 9.59 Å². The van der Waals surface area contributed by atoms with Crippen LogP contribution in [0.25, 0.3) is 22.3 Å². The maximum Gasteiger partial charge on any atom is 0.262 e. The summed E-state index contributed by atoms with van der Waals surface area (Å²) in [6, 6.07) is 10.5. The quantitative estimate of drug-likeness (QED) is 0.243. The molecule has 2 aliphatic carbocycles. The van der Waals surface area contributed by atoms with Gasteiger partial charge in [0.05, 0.1) is 51.9 Å². The Morgan fingerprint density at radius 3 is 2.50 bits per heavy atom. The van der Waals surface area contributed by atoms with E-state index in [1.54, 1.807) is 18.2 Å². The van der Waals surface area contributed by atoms with E-state index < -0.39 is 29.7 Å². The Morgan fingerprint density at radius 2 is 1.73 bits per heavy atom. The van der Waals surface area contributed by atoms with Crippen LogP contribution < -0.4 is 15.5 Å². The van der Waals surface area contributed by atoms with Crippen LogP contribution in [0, 0.1) is 5.92 Å². The van der Waals surface area contributed by atoms with Gasteiger partial charge in [0.1, 0.15) is 6.04 Å². The number of fused-ring (bicyclic) bond motifs is 2. The number of benzene rings is 2. The second-order valence-corrected chi connectivity index (χ2v) is 13.7. The number of β-amino-alcohol motifs (C(OH)–C–C–N with tert-alkyl or cyclic N) is 1. The number of aliphatic hydroxyl groups is 1. The standard InChI is InChI=1S/C35H34N8O5/c44-23-15-41(16-23)21-4-6-27-28(12-21)38-29(14-37-27)26-17-42(40-32(26)19-1-2-19)22-9-18(10-22)13-36-20-3-5-24-25(11-20)35(48)43(34(24)47)30-7-8-31(45)39-33(30)46/h3-6,11-12,14,17-19,22-23,30,36,44H,1-2,7-10,13,15-16H2,(H,39,45,46)/t18-,22-,30?. The summed E-state index contributed by atoms with van der Waals surface area (Å²) in [6.07, 6.45) is 8.09. The lowest BCUT2D eigenvalue weighted by Crippen LogP contribution is -2.54. The van der Waals surface area contributed by atoms with Gasteiger partial charge in [-0.1, -0.05) is 0 Å². The minimum atomic E-state index is -0.978. The lowest BCUT2D eigenvalue weighted by atomic mass is 9.80. The molecule has 13 heteroatoms. The molecule has 9 rings (SSSR count). The molecule has 48 heavy (non-hydrogen) atoms. The van der Waals surface area contributed by atoms with Crippen LogP contribution in [0.5, 0.6) is 0 Å². The number of aromatic nitrogens is 4. The van der Waals surface area contributed by atoms with Gasteiger partial charge in [-0.3, -0.25) is 39.1 Å². The van der Waals surface area contributed by atoms with Crippen molar-refractivity contribution in [3.8, 4) is 11.3 Å². The molecule has 3 N–H and O–H groups in total.